The van der Waals surface area contributed by atoms with Crippen molar-refractivity contribution in [1.82, 2.24) is 14.7 Å². The van der Waals surface area contributed by atoms with Crippen LogP contribution < -0.4 is 5.32 Å². The van der Waals surface area contributed by atoms with Crippen molar-refractivity contribution in [2.45, 2.75) is 83.7 Å². The van der Waals surface area contributed by atoms with Crippen LogP contribution in [0.2, 0.25) is 0 Å². The number of unbranched alkanes of at least 4 members (excludes halogenated alkanes) is 6. The summed E-state index contributed by atoms with van der Waals surface area (Å²) in [5, 5.41) is 3.00. The van der Waals surface area contributed by atoms with Crippen LogP contribution in [0.25, 0.3) is 11.1 Å². The maximum atomic E-state index is 12.9. The second kappa shape index (κ2) is 16.9. The molecule has 2 saturated heterocycles. The first-order chi connectivity index (χ1) is 20.0. The maximum Gasteiger partial charge on any atom is 0.412 e. The highest BCUT2D eigenvalue weighted by Gasteiger charge is 2.33. The number of nitrogens with zero attached hydrogens (tertiary/aromatic N) is 3. The van der Waals surface area contributed by atoms with Gasteiger partial charge < -0.3 is 19.4 Å². The number of hydrogen-bond acceptors (Lipinski definition) is 5. The first-order valence-corrected chi connectivity index (χ1v) is 16.4. The number of piperidine rings is 1. The first-order valence-electron chi connectivity index (χ1n) is 16.4. The van der Waals surface area contributed by atoms with Gasteiger partial charge in [0.2, 0.25) is 0 Å². The monoisotopic (exact) mass is 562 g/mol. The van der Waals surface area contributed by atoms with Crippen LogP contribution in [0, 0.1) is 0 Å². The zero-order valence-electron chi connectivity index (χ0n) is 25.8. The summed E-state index contributed by atoms with van der Waals surface area (Å²) in [4.78, 5) is 20.7. The number of amides is 1. The molecule has 4 rings (SSSR count). The van der Waals surface area contributed by atoms with Crippen LogP contribution in [0.5, 0.6) is 0 Å². The molecule has 0 saturated carbocycles. The van der Waals surface area contributed by atoms with Crippen LogP contribution in [-0.4, -0.2) is 85.3 Å². The molecule has 226 valence electrons. The number of hydrogen-bond donors (Lipinski definition) is 1. The molecule has 2 aliphatic heterocycles. The van der Waals surface area contributed by atoms with Crippen molar-refractivity contribution in [1.29, 1.82) is 0 Å². The van der Waals surface area contributed by atoms with Gasteiger partial charge in [-0.3, -0.25) is 5.32 Å². The predicted molar refractivity (Wildman–Crippen MR) is 172 cm³/mol. The van der Waals surface area contributed by atoms with Crippen LogP contribution >= 0.6 is 0 Å². The molecule has 0 spiro atoms. The van der Waals surface area contributed by atoms with Gasteiger partial charge in [0, 0.05) is 44.8 Å². The van der Waals surface area contributed by atoms with Gasteiger partial charge in [0.15, 0.2) is 0 Å². The summed E-state index contributed by atoms with van der Waals surface area (Å²) < 4.78 is 5.98. The fraction of sp³-hybridized carbons (Fsp3) is 0.629. The van der Waals surface area contributed by atoms with E-state index in [0.717, 1.165) is 49.3 Å². The maximum absolute atomic E-state index is 12.9. The Bertz CT molecular complexity index is 1010. The molecular formula is C35H54N4O2. The van der Waals surface area contributed by atoms with Gasteiger partial charge in [-0.15, -0.1) is 0 Å². The van der Waals surface area contributed by atoms with Crippen molar-refractivity contribution in [2.24, 2.45) is 0 Å². The zero-order valence-corrected chi connectivity index (χ0v) is 25.8. The Morgan fingerprint density at radius 3 is 1.83 bits per heavy atom. The molecule has 2 aromatic carbocycles. The minimum atomic E-state index is -0.412. The lowest BCUT2D eigenvalue weighted by atomic mass is 9.93. The molecule has 0 aliphatic carbocycles. The molecule has 0 radical (unpaired) electrons. The molecule has 0 atom stereocenters. The third-order valence-electron chi connectivity index (χ3n) is 8.99. The van der Waals surface area contributed by atoms with Crippen LogP contribution in [0.15, 0.2) is 54.6 Å². The van der Waals surface area contributed by atoms with E-state index in [1.165, 1.54) is 90.6 Å². The van der Waals surface area contributed by atoms with Gasteiger partial charge in [-0.25, -0.2) is 4.79 Å². The van der Waals surface area contributed by atoms with Crippen molar-refractivity contribution < 1.29 is 9.53 Å². The molecule has 1 amide bonds. The average Bonchev–Trinajstić information content (AvgIpc) is 2.99. The summed E-state index contributed by atoms with van der Waals surface area (Å²) in [5.74, 6) is 0. The van der Waals surface area contributed by atoms with E-state index in [9.17, 15) is 4.79 Å². The fourth-order valence-corrected chi connectivity index (χ4v) is 6.17. The van der Waals surface area contributed by atoms with Crippen molar-refractivity contribution in [3.8, 4) is 11.1 Å². The first kappa shape index (κ1) is 31.5. The van der Waals surface area contributed by atoms with E-state index < -0.39 is 5.60 Å². The summed E-state index contributed by atoms with van der Waals surface area (Å²) >= 11 is 0. The van der Waals surface area contributed by atoms with E-state index in [0.29, 0.717) is 0 Å². The van der Waals surface area contributed by atoms with Gasteiger partial charge >= 0.3 is 6.09 Å². The summed E-state index contributed by atoms with van der Waals surface area (Å²) in [6.45, 7) is 15.1. The zero-order chi connectivity index (χ0) is 28.8. The van der Waals surface area contributed by atoms with Crippen molar-refractivity contribution in [3.63, 3.8) is 0 Å². The van der Waals surface area contributed by atoms with Gasteiger partial charge in [0.05, 0.1) is 5.69 Å². The van der Waals surface area contributed by atoms with Crippen LogP contribution in [0.3, 0.4) is 0 Å². The van der Waals surface area contributed by atoms with E-state index in [4.69, 9.17) is 4.74 Å². The molecule has 6 heteroatoms. The summed E-state index contributed by atoms with van der Waals surface area (Å²) in [5.41, 5.74) is 2.45. The van der Waals surface area contributed by atoms with Crippen LogP contribution in [0.4, 0.5) is 10.5 Å². The predicted octanol–water partition coefficient (Wildman–Crippen LogP) is 7.51. The fourth-order valence-electron chi connectivity index (χ4n) is 6.17. The smallest absolute Gasteiger partial charge is 0.412 e. The number of anilines is 1. The van der Waals surface area contributed by atoms with Crippen molar-refractivity contribution in [2.75, 3.05) is 64.2 Å². The average molecular weight is 563 g/mol. The molecule has 0 aromatic heterocycles. The highest BCUT2D eigenvalue weighted by atomic mass is 16.6. The van der Waals surface area contributed by atoms with E-state index in [-0.39, 0.29) is 6.09 Å². The van der Waals surface area contributed by atoms with Crippen LogP contribution in [0.1, 0.15) is 78.1 Å². The highest BCUT2D eigenvalue weighted by Crippen LogP contribution is 2.30. The summed E-state index contributed by atoms with van der Waals surface area (Å²) in [6, 6.07) is 18.0. The number of carbonyl (C=O) groups excluding carboxylic acids is 1. The van der Waals surface area contributed by atoms with Gasteiger partial charge in [0.25, 0.3) is 0 Å². The Balaban J connectivity index is 1.04. The minimum Gasteiger partial charge on any atom is -0.443 e. The van der Waals surface area contributed by atoms with Crippen molar-refractivity contribution in [3.05, 3.63) is 54.6 Å². The minimum absolute atomic E-state index is 0.362. The number of ether oxygens (including phenoxy) is 1. The van der Waals surface area contributed by atoms with E-state index in [1.54, 1.807) is 0 Å². The molecule has 2 aliphatic rings. The van der Waals surface area contributed by atoms with Gasteiger partial charge in [-0.2, -0.15) is 0 Å². The lowest BCUT2D eigenvalue weighted by molar-refractivity contribution is -0.0163. The Hall–Kier alpha value is -2.41. The quantitative estimate of drug-likeness (QED) is 0.228. The highest BCUT2D eigenvalue weighted by molar-refractivity contribution is 5.91. The van der Waals surface area contributed by atoms with E-state index >= 15 is 0 Å². The number of benzene rings is 2. The Morgan fingerprint density at radius 1 is 0.707 bits per heavy atom. The number of rotatable bonds is 15. The van der Waals surface area contributed by atoms with Crippen LogP contribution in [-0.2, 0) is 4.74 Å². The molecule has 6 nitrogen and oxygen atoms in total. The van der Waals surface area contributed by atoms with E-state index in [2.05, 4.69) is 46.0 Å². The van der Waals surface area contributed by atoms with Gasteiger partial charge in [-0.05, 0) is 70.3 Å². The molecule has 41 heavy (non-hydrogen) atoms. The Labute approximate surface area is 249 Å². The lowest BCUT2D eigenvalue weighted by Gasteiger charge is -2.38. The molecule has 0 bridgehead atoms. The molecule has 2 fully saturated rings. The molecule has 2 heterocycles. The number of para-hydroxylation sites is 1. The number of likely N-dealkylation sites (tertiary alicyclic amines) is 1. The number of piperazine rings is 1. The molecular weight excluding hydrogens is 508 g/mol. The normalized spacial score (nSPS) is 18.3. The largest absolute Gasteiger partial charge is 0.443 e. The second-order valence-electron chi connectivity index (χ2n) is 12.4. The lowest BCUT2D eigenvalue weighted by Crippen LogP contribution is -2.46. The van der Waals surface area contributed by atoms with E-state index in [1.807, 2.05) is 42.5 Å². The topological polar surface area (TPSA) is 48.1 Å². The summed E-state index contributed by atoms with van der Waals surface area (Å²) in [6.07, 6.45) is 12.1. The third-order valence-corrected chi connectivity index (χ3v) is 8.99. The summed E-state index contributed by atoms with van der Waals surface area (Å²) in [7, 11) is 0. The second-order valence-corrected chi connectivity index (χ2v) is 12.4. The number of nitrogens with one attached hydrogen (secondary N) is 1. The van der Waals surface area contributed by atoms with Crippen molar-refractivity contribution >= 4 is 11.8 Å². The molecule has 2 aromatic rings. The van der Waals surface area contributed by atoms with Gasteiger partial charge in [-0.1, -0.05) is 87.6 Å². The van der Waals surface area contributed by atoms with Gasteiger partial charge in [0.1, 0.15) is 5.60 Å². The Morgan fingerprint density at radius 2 is 1.22 bits per heavy atom. The molecule has 0 unspecified atom stereocenters. The number of carbonyl (C=O) groups is 1. The Kier molecular flexibility index (Phi) is 13.0. The SMILES string of the molecule is CCCCN1CCN(CCCCCCCCN2CCC(C)(OC(=O)Nc3ccccc3-c3ccccc3)CC2)CC1. The molecule has 1 N–H and O–H groups in total. The third kappa shape index (κ3) is 10.7. The standard InChI is InChI=1S/C35H54N4O2/c1-3-4-22-38-27-29-39(30-28-38)24-15-8-6-5-7-14-23-37-25-20-35(2,21-26-37)41-34(40)36-33-19-13-12-18-32(33)31-16-10-9-11-17-31/h9-13,16-19H,3-8,14-15,20-30H2,1-2H3,(H,36,40).